The van der Waals surface area contributed by atoms with E-state index in [1.807, 2.05) is 6.07 Å². The van der Waals surface area contributed by atoms with Gasteiger partial charge in [-0.15, -0.1) is 6.58 Å². The molecule has 0 saturated heterocycles. The van der Waals surface area contributed by atoms with Crippen LogP contribution in [-0.2, 0) is 6.42 Å². The largest absolute Gasteiger partial charge is 0.472 e. The number of rotatable bonds is 4. The second-order valence-corrected chi connectivity index (χ2v) is 2.51. The zero-order valence-electron chi connectivity index (χ0n) is 6.36. The number of aliphatic hydroxyl groups excluding tert-OH is 1. The van der Waals surface area contributed by atoms with E-state index >= 15 is 0 Å². The molecule has 60 valence electrons. The maximum Gasteiger partial charge on any atom is 0.0935 e. The Labute approximate surface area is 66.2 Å². The second-order valence-electron chi connectivity index (χ2n) is 2.51. The van der Waals surface area contributed by atoms with Gasteiger partial charge in [-0.3, -0.25) is 0 Å². The minimum Gasteiger partial charge on any atom is -0.472 e. The molecule has 2 heteroatoms. The van der Waals surface area contributed by atoms with Crippen molar-refractivity contribution in [3.8, 4) is 0 Å². The van der Waals surface area contributed by atoms with Crippen LogP contribution in [0.1, 0.15) is 12.0 Å². The molecule has 0 spiro atoms. The van der Waals surface area contributed by atoms with E-state index < -0.39 is 0 Å². The molecule has 1 aromatic heterocycles. The van der Waals surface area contributed by atoms with Crippen molar-refractivity contribution in [2.75, 3.05) is 0 Å². The molecule has 1 N–H and O–H groups in total. The number of hydrogen-bond acceptors (Lipinski definition) is 2. The fraction of sp³-hybridized carbons (Fsp3) is 0.333. The SMILES string of the molecule is C=CCC(O)Cc1ccoc1. The maximum absolute atomic E-state index is 9.31. The molecule has 0 aliphatic rings. The molecule has 2 nitrogen and oxygen atoms in total. The van der Waals surface area contributed by atoms with Crippen molar-refractivity contribution in [2.24, 2.45) is 0 Å². The molecule has 0 fully saturated rings. The summed E-state index contributed by atoms with van der Waals surface area (Å²) in [6.45, 7) is 3.55. The summed E-state index contributed by atoms with van der Waals surface area (Å²) in [5, 5.41) is 9.31. The van der Waals surface area contributed by atoms with Crippen molar-refractivity contribution in [2.45, 2.75) is 18.9 Å². The number of furan rings is 1. The zero-order valence-corrected chi connectivity index (χ0v) is 6.36. The van der Waals surface area contributed by atoms with E-state index in [2.05, 4.69) is 6.58 Å². The standard InChI is InChI=1S/C9H12O2/c1-2-3-9(10)6-8-4-5-11-7-8/h2,4-5,7,9-10H,1,3,6H2. The Morgan fingerprint density at radius 2 is 2.55 bits per heavy atom. The van der Waals surface area contributed by atoms with E-state index in [1.165, 1.54) is 0 Å². The van der Waals surface area contributed by atoms with Gasteiger partial charge in [0, 0.05) is 6.42 Å². The van der Waals surface area contributed by atoms with Crippen molar-refractivity contribution in [3.05, 3.63) is 36.8 Å². The van der Waals surface area contributed by atoms with Crippen LogP contribution in [0.25, 0.3) is 0 Å². The van der Waals surface area contributed by atoms with E-state index in [9.17, 15) is 5.11 Å². The van der Waals surface area contributed by atoms with Crippen LogP contribution in [0.15, 0.2) is 35.7 Å². The Morgan fingerprint density at radius 1 is 1.73 bits per heavy atom. The fourth-order valence-electron chi connectivity index (χ4n) is 0.957. The van der Waals surface area contributed by atoms with Crippen molar-refractivity contribution >= 4 is 0 Å². The van der Waals surface area contributed by atoms with Gasteiger partial charge in [-0.1, -0.05) is 6.08 Å². The summed E-state index contributed by atoms with van der Waals surface area (Å²) < 4.78 is 4.86. The Bertz CT molecular complexity index is 201. The number of hydrogen-bond donors (Lipinski definition) is 1. The van der Waals surface area contributed by atoms with Crippen LogP contribution in [-0.4, -0.2) is 11.2 Å². The van der Waals surface area contributed by atoms with E-state index in [0.29, 0.717) is 12.8 Å². The summed E-state index contributed by atoms with van der Waals surface area (Å²) >= 11 is 0. The van der Waals surface area contributed by atoms with Gasteiger partial charge >= 0.3 is 0 Å². The fourth-order valence-corrected chi connectivity index (χ4v) is 0.957. The summed E-state index contributed by atoms with van der Waals surface area (Å²) in [4.78, 5) is 0. The third-order valence-electron chi connectivity index (χ3n) is 1.49. The minimum atomic E-state index is -0.329. The summed E-state index contributed by atoms with van der Waals surface area (Å²) in [5.41, 5.74) is 1.03. The van der Waals surface area contributed by atoms with Gasteiger partial charge in [0.1, 0.15) is 0 Å². The van der Waals surface area contributed by atoms with E-state index in [0.717, 1.165) is 5.56 Å². The molecule has 1 aromatic rings. The van der Waals surface area contributed by atoms with Crippen LogP contribution in [0.4, 0.5) is 0 Å². The maximum atomic E-state index is 9.31. The molecule has 1 heterocycles. The van der Waals surface area contributed by atoms with Crippen LogP contribution in [0.3, 0.4) is 0 Å². The molecule has 0 bridgehead atoms. The molecular weight excluding hydrogens is 140 g/mol. The minimum absolute atomic E-state index is 0.329. The highest BCUT2D eigenvalue weighted by Gasteiger charge is 2.03. The summed E-state index contributed by atoms with van der Waals surface area (Å²) in [6.07, 6.45) is 5.91. The van der Waals surface area contributed by atoms with Gasteiger partial charge in [-0.05, 0) is 18.1 Å². The quantitative estimate of drug-likeness (QED) is 0.667. The normalized spacial score (nSPS) is 12.8. The Hall–Kier alpha value is -1.02. The smallest absolute Gasteiger partial charge is 0.0935 e. The third-order valence-corrected chi connectivity index (χ3v) is 1.49. The second kappa shape index (κ2) is 3.98. The first-order valence-corrected chi connectivity index (χ1v) is 3.63. The van der Waals surface area contributed by atoms with Crippen LogP contribution >= 0.6 is 0 Å². The van der Waals surface area contributed by atoms with Gasteiger partial charge < -0.3 is 9.52 Å². The topological polar surface area (TPSA) is 33.4 Å². The lowest BCUT2D eigenvalue weighted by molar-refractivity contribution is 0.178. The van der Waals surface area contributed by atoms with Crippen molar-refractivity contribution in [1.82, 2.24) is 0 Å². The Balaban J connectivity index is 2.37. The van der Waals surface area contributed by atoms with Gasteiger partial charge in [-0.25, -0.2) is 0 Å². The lowest BCUT2D eigenvalue weighted by Gasteiger charge is -2.03. The molecule has 1 atom stereocenters. The average molecular weight is 152 g/mol. The monoisotopic (exact) mass is 152 g/mol. The van der Waals surface area contributed by atoms with Crippen molar-refractivity contribution < 1.29 is 9.52 Å². The predicted octanol–water partition coefficient (Wildman–Crippen LogP) is 1.76. The van der Waals surface area contributed by atoms with Crippen molar-refractivity contribution in [3.63, 3.8) is 0 Å². The summed E-state index contributed by atoms with van der Waals surface area (Å²) in [5.74, 6) is 0. The van der Waals surface area contributed by atoms with Crippen LogP contribution in [0.5, 0.6) is 0 Å². The highest BCUT2D eigenvalue weighted by molar-refractivity contribution is 5.06. The predicted molar refractivity (Wildman–Crippen MR) is 43.2 cm³/mol. The molecule has 0 aromatic carbocycles. The molecule has 0 amide bonds. The van der Waals surface area contributed by atoms with Crippen LogP contribution < -0.4 is 0 Å². The van der Waals surface area contributed by atoms with Crippen LogP contribution in [0.2, 0.25) is 0 Å². The van der Waals surface area contributed by atoms with Gasteiger partial charge in [-0.2, -0.15) is 0 Å². The highest BCUT2D eigenvalue weighted by Crippen LogP contribution is 2.06. The lowest BCUT2D eigenvalue weighted by atomic mass is 10.1. The lowest BCUT2D eigenvalue weighted by Crippen LogP contribution is -2.07. The van der Waals surface area contributed by atoms with E-state index in [4.69, 9.17) is 4.42 Å². The number of aliphatic hydroxyl groups is 1. The molecule has 11 heavy (non-hydrogen) atoms. The molecular formula is C9H12O2. The first-order chi connectivity index (χ1) is 5.33. The summed E-state index contributed by atoms with van der Waals surface area (Å²) in [7, 11) is 0. The third kappa shape index (κ3) is 2.60. The van der Waals surface area contributed by atoms with Gasteiger partial charge in [0.05, 0.1) is 18.6 Å². The summed E-state index contributed by atoms with van der Waals surface area (Å²) in [6, 6.07) is 1.85. The molecule has 0 radical (unpaired) electrons. The molecule has 0 aliphatic heterocycles. The average Bonchev–Trinajstić information content (AvgIpc) is 2.40. The first-order valence-electron chi connectivity index (χ1n) is 3.63. The molecule has 1 unspecified atom stereocenters. The highest BCUT2D eigenvalue weighted by atomic mass is 16.3. The molecule has 1 rings (SSSR count). The van der Waals surface area contributed by atoms with E-state index in [1.54, 1.807) is 18.6 Å². The molecule has 0 saturated carbocycles. The van der Waals surface area contributed by atoms with Crippen molar-refractivity contribution in [1.29, 1.82) is 0 Å². The van der Waals surface area contributed by atoms with Crippen LogP contribution in [0, 0.1) is 0 Å². The van der Waals surface area contributed by atoms with Gasteiger partial charge in [0.2, 0.25) is 0 Å². The molecule has 0 aliphatic carbocycles. The first kappa shape index (κ1) is 8.08. The Morgan fingerprint density at radius 3 is 3.09 bits per heavy atom. The zero-order chi connectivity index (χ0) is 8.10. The van der Waals surface area contributed by atoms with Gasteiger partial charge in [0.25, 0.3) is 0 Å². The Kier molecular flexibility index (Phi) is 2.93. The van der Waals surface area contributed by atoms with Gasteiger partial charge in [0.15, 0.2) is 0 Å². The van der Waals surface area contributed by atoms with E-state index in [-0.39, 0.29) is 6.10 Å².